The van der Waals surface area contributed by atoms with Gasteiger partial charge in [0.15, 0.2) is 0 Å². The second-order valence-corrected chi connectivity index (χ2v) is 9.50. The Morgan fingerprint density at radius 2 is 1.51 bits per heavy atom. The molecule has 0 radical (unpaired) electrons. The second kappa shape index (κ2) is 12.7. The first-order valence-electron chi connectivity index (χ1n) is 12.1. The van der Waals surface area contributed by atoms with E-state index in [2.05, 4.69) is 10.6 Å². The lowest BCUT2D eigenvalue weighted by Gasteiger charge is -2.09. The molecule has 0 heterocycles. The number of unbranched alkanes of at least 4 members (excludes halogenated alkanes) is 1. The van der Waals surface area contributed by atoms with Crippen LogP contribution in [0, 0.1) is 0 Å². The van der Waals surface area contributed by atoms with Crippen LogP contribution in [0.25, 0.3) is 10.8 Å². The van der Waals surface area contributed by atoms with E-state index in [1.54, 1.807) is 24.3 Å². The van der Waals surface area contributed by atoms with Gasteiger partial charge in [0.25, 0.3) is 5.91 Å². The summed E-state index contributed by atoms with van der Waals surface area (Å²) in [5.74, 6) is -0.533. The van der Waals surface area contributed by atoms with Crippen molar-refractivity contribution in [3.63, 3.8) is 0 Å². The maximum absolute atomic E-state index is 12.8. The summed E-state index contributed by atoms with van der Waals surface area (Å²) in [5.41, 5.74) is 2.29. The predicted molar refractivity (Wildman–Crippen MR) is 149 cm³/mol. The molecule has 0 spiro atoms. The number of fused-ring (bicyclic) bond motifs is 1. The van der Waals surface area contributed by atoms with Gasteiger partial charge in [-0.3, -0.25) is 9.59 Å². The molecule has 37 heavy (non-hydrogen) atoms. The molecule has 2 N–H and O–H groups in total. The monoisotopic (exact) mass is 512 g/mol. The standard InChI is InChI=1S/C30H28N2O4S/c1-2-3-17-36-30(35)22-13-15-25(16-14-22)31-28(33)20-37-27-10-6-9-26(19-27)32-29(34)24-12-11-21-7-4-5-8-23(21)18-24/h4-16,18-19H,2-3,17,20H2,1H3,(H,31,33)(H,32,34). The van der Waals surface area contributed by atoms with Crippen LogP contribution >= 0.6 is 11.8 Å². The van der Waals surface area contributed by atoms with Crippen LogP contribution < -0.4 is 10.6 Å². The lowest BCUT2D eigenvalue weighted by molar-refractivity contribution is -0.113. The molecule has 0 aliphatic heterocycles. The molecular formula is C30H28N2O4S. The molecule has 2 amide bonds. The number of rotatable bonds is 10. The van der Waals surface area contributed by atoms with Crippen molar-refractivity contribution in [1.82, 2.24) is 0 Å². The highest BCUT2D eigenvalue weighted by molar-refractivity contribution is 8.00. The molecule has 0 aliphatic carbocycles. The predicted octanol–water partition coefficient (Wildman–Crippen LogP) is 6.78. The van der Waals surface area contributed by atoms with E-state index in [0.29, 0.717) is 29.1 Å². The van der Waals surface area contributed by atoms with Crippen molar-refractivity contribution in [1.29, 1.82) is 0 Å². The van der Waals surface area contributed by atoms with Crippen LogP contribution in [0.15, 0.2) is 95.9 Å². The van der Waals surface area contributed by atoms with E-state index in [1.165, 1.54) is 11.8 Å². The zero-order chi connectivity index (χ0) is 26.0. The quantitative estimate of drug-likeness (QED) is 0.139. The van der Waals surface area contributed by atoms with Gasteiger partial charge in [0, 0.05) is 21.8 Å². The highest BCUT2D eigenvalue weighted by Gasteiger charge is 2.10. The Balaban J connectivity index is 1.28. The molecule has 0 aliphatic rings. The molecule has 0 fully saturated rings. The molecule has 4 aromatic carbocycles. The molecule has 4 rings (SSSR count). The van der Waals surface area contributed by atoms with Gasteiger partial charge in [-0.15, -0.1) is 11.8 Å². The van der Waals surface area contributed by atoms with Crippen LogP contribution in [-0.4, -0.2) is 30.1 Å². The fourth-order valence-corrected chi connectivity index (χ4v) is 4.38. The van der Waals surface area contributed by atoms with Gasteiger partial charge in [-0.25, -0.2) is 4.79 Å². The number of esters is 1. The lowest BCUT2D eigenvalue weighted by atomic mass is 10.1. The van der Waals surface area contributed by atoms with Crippen LogP contribution in [0.2, 0.25) is 0 Å². The molecule has 4 aromatic rings. The summed E-state index contributed by atoms with van der Waals surface area (Å²) in [6.45, 7) is 2.44. The average Bonchev–Trinajstić information content (AvgIpc) is 2.92. The van der Waals surface area contributed by atoms with Gasteiger partial charge < -0.3 is 15.4 Å². The lowest BCUT2D eigenvalue weighted by Crippen LogP contribution is -2.14. The molecule has 0 atom stereocenters. The summed E-state index contributed by atoms with van der Waals surface area (Å²) in [7, 11) is 0. The largest absolute Gasteiger partial charge is 0.462 e. The number of carbonyl (C=O) groups excluding carboxylic acids is 3. The number of amides is 2. The Labute approximate surface area is 220 Å². The molecule has 7 heteroatoms. The number of carbonyl (C=O) groups is 3. The van der Waals surface area contributed by atoms with E-state index in [9.17, 15) is 14.4 Å². The number of nitrogens with one attached hydrogen (secondary N) is 2. The number of ether oxygens (including phenoxy) is 1. The van der Waals surface area contributed by atoms with E-state index in [1.807, 2.05) is 73.7 Å². The summed E-state index contributed by atoms with van der Waals surface area (Å²) in [4.78, 5) is 38.1. The van der Waals surface area contributed by atoms with Crippen LogP contribution in [0.1, 0.15) is 40.5 Å². The Morgan fingerprint density at radius 3 is 2.30 bits per heavy atom. The normalized spacial score (nSPS) is 10.6. The van der Waals surface area contributed by atoms with Gasteiger partial charge in [-0.2, -0.15) is 0 Å². The van der Waals surface area contributed by atoms with Gasteiger partial charge >= 0.3 is 5.97 Å². The summed E-state index contributed by atoms with van der Waals surface area (Å²) < 4.78 is 5.20. The maximum Gasteiger partial charge on any atom is 0.338 e. The van der Waals surface area contributed by atoms with Gasteiger partial charge in [-0.05, 0) is 71.8 Å². The minimum Gasteiger partial charge on any atom is -0.462 e. The third-order valence-corrected chi connectivity index (χ3v) is 6.60. The van der Waals surface area contributed by atoms with Crippen molar-refractivity contribution < 1.29 is 19.1 Å². The highest BCUT2D eigenvalue weighted by atomic mass is 32.2. The van der Waals surface area contributed by atoms with E-state index in [-0.39, 0.29) is 23.5 Å². The number of thioether (sulfide) groups is 1. The zero-order valence-corrected chi connectivity index (χ0v) is 21.3. The Bertz CT molecular complexity index is 1400. The third-order valence-electron chi connectivity index (χ3n) is 5.61. The molecule has 0 bridgehead atoms. The number of anilines is 2. The summed E-state index contributed by atoms with van der Waals surface area (Å²) in [6.07, 6.45) is 1.79. The first-order valence-corrected chi connectivity index (χ1v) is 13.1. The Morgan fingerprint density at radius 1 is 0.757 bits per heavy atom. The minimum absolute atomic E-state index is 0.172. The van der Waals surface area contributed by atoms with Crippen molar-refractivity contribution in [2.75, 3.05) is 23.0 Å². The van der Waals surface area contributed by atoms with Crippen molar-refractivity contribution in [2.24, 2.45) is 0 Å². The molecule has 188 valence electrons. The van der Waals surface area contributed by atoms with Crippen LogP contribution in [0.3, 0.4) is 0 Å². The van der Waals surface area contributed by atoms with E-state index >= 15 is 0 Å². The zero-order valence-electron chi connectivity index (χ0n) is 20.5. The van der Waals surface area contributed by atoms with Crippen LogP contribution in [0.4, 0.5) is 11.4 Å². The molecule has 6 nitrogen and oxygen atoms in total. The number of hydrogen-bond donors (Lipinski definition) is 2. The summed E-state index contributed by atoms with van der Waals surface area (Å²) in [5, 5.41) is 7.85. The first-order chi connectivity index (χ1) is 18.0. The Kier molecular flexibility index (Phi) is 8.94. The van der Waals surface area contributed by atoms with E-state index < -0.39 is 0 Å². The van der Waals surface area contributed by atoms with E-state index in [0.717, 1.165) is 28.5 Å². The molecule has 0 saturated carbocycles. The minimum atomic E-state index is -0.366. The van der Waals surface area contributed by atoms with Gasteiger partial charge in [0.2, 0.25) is 5.91 Å². The van der Waals surface area contributed by atoms with Gasteiger partial charge in [-0.1, -0.05) is 49.7 Å². The van der Waals surface area contributed by atoms with Gasteiger partial charge in [0.1, 0.15) is 0 Å². The van der Waals surface area contributed by atoms with Crippen LogP contribution in [0.5, 0.6) is 0 Å². The summed E-state index contributed by atoms with van der Waals surface area (Å²) in [6, 6.07) is 27.5. The van der Waals surface area contributed by atoms with Crippen LogP contribution in [-0.2, 0) is 9.53 Å². The second-order valence-electron chi connectivity index (χ2n) is 8.45. The van der Waals surface area contributed by atoms with Crippen molar-refractivity contribution >= 4 is 51.7 Å². The Hall–Kier alpha value is -4.10. The molecular weight excluding hydrogens is 484 g/mol. The first kappa shape index (κ1) is 26.0. The smallest absolute Gasteiger partial charge is 0.338 e. The fourth-order valence-electron chi connectivity index (χ4n) is 3.63. The SMILES string of the molecule is CCCCOC(=O)c1ccc(NC(=O)CSc2cccc(NC(=O)c3ccc4ccccc4c3)c2)cc1. The highest BCUT2D eigenvalue weighted by Crippen LogP contribution is 2.23. The average molecular weight is 513 g/mol. The van der Waals surface area contributed by atoms with Gasteiger partial charge in [0.05, 0.1) is 17.9 Å². The van der Waals surface area contributed by atoms with Crippen molar-refractivity contribution in [2.45, 2.75) is 24.7 Å². The molecule has 0 unspecified atom stereocenters. The fraction of sp³-hybridized carbons (Fsp3) is 0.167. The topological polar surface area (TPSA) is 84.5 Å². The maximum atomic E-state index is 12.8. The number of benzene rings is 4. The molecule has 0 saturated heterocycles. The summed E-state index contributed by atoms with van der Waals surface area (Å²) >= 11 is 1.37. The third kappa shape index (κ3) is 7.44. The van der Waals surface area contributed by atoms with E-state index in [4.69, 9.17) is 4.74 Å². The van der Waals surface area contributed by atoms with Crippen molar-refractivity contribution in [3.05, 3.63) is 102 Å². The molecule has 0 aromatic heterocycles. The number of hydrogen-bond acceptors (Lipinski definition) is 5. The van der Waals surface area contributed by atoms with Crippen molar-refractivity contribution in [3.8, 4) is 0 Å².